The standard InChI is InChI=1S/C22H23N9O/c1-29(2)17-11-31(12-17)20-9-15(6-7-23-20)21(32)26-22-24-10-16-5-4-14(8-18(16)25-22)19-13-30(3)28-27-19/h4-10,13,17H,11-12H2,1-3H3,(H,24,25,26,32). The second kappa shape index (κ2) is 7.97. The lowest BCUT2D eigenvalue weighted by Crippen LogP contribution is -2.57. The minimum Gasteiger partial charge on any atom is -0.353 e. The zero-order valence-corrected chi connectivity index (χ0v) is 18.1. The summed E-state index contributed by atoms with van der Waals surface area (Å²) in [4.78, 5) is 30.4. The number of rotatable bonds is 5. The highest BCUT2D eigenvalue weighted by Crippen LogP contribution is 2.23. The van der Waals surface area contributed by atoms with Gasteiger partial charge in [0.15, 0.2) is 0 Å². The molecule has 5 rings (SSSR count). The van der Waals surface area contributed by atoms with Crippen LogP contribution in [0.15, 0.2) is 48.9 Å². The van der Waals surface area contributed by atoms with E-state index in [2.05, 4.69) is 54.5 Å². The number of carbonyl (C=O) groups excluding carboxylic acids is 1. The molecule has 1 aliphatic heterocycles. The van der Waals surface area contributed by atoms with E-state index >= 15 is 0 Å². The van der Waals surface area contributed by atoms with Gasteiger partial charge in [-0.3, -0.25) is 14.8 Å². The first kappa shape index (κ1) is 20.0. The Bertz CT molecular complexity index is 1290. The van der Waals surface area contributed by atoms with Gasteiger partial charge in [0, 0.05) is 55.1 Å². The van der Waals surface area contributed by atoms with Gasteiger partial charge in [0.25, 0.3) is 5.91 Å². The van der Waals surface area contributed by atoms with Gasteiger partial charge in [-0.1, -0.05) is 17.3 Å². The third kappa shape index (κ3) is 3.87. The Kier molecular flexibility index (Phi) is 4.98. The number of pyridine rings is 1. The summed E-state index contributed by atoms with van der Waals surface area (Å²) in [5.41, 5.74) is 2.88. The maximum atomic E-state index is 12.8. The summed E-state index contributed by atoms with van der Waals surface area (Å²) in [7, 11) is 5.96. The predicted octanol–water partition coefficient (Wildman–Crippen LogP) is 1.82. The van der Waals surface area contributed by atoms with Crippen LogP contribution in [0.3, 0.4) is 0 Å². The Balaban J connectivity index is 1.34. The van der Waals surface area contributed by atoms with E-state index in [9.17, 15) is 4.79 Å². The van der Waals surface area contributed by atoms with Crippen LogP contribution < -0.4 is 10.2 Å². The highest BCUT2D eigenvalue weighted by atomic mass is 16.1. The van der Waals surface area contributed by atoms with Gasteiger partial charge in [0.05, 0.1) is 11.7 Å². The number of aryl methyl sites for hydroxylation is 1. The fourth-order valence-electron chi connectivity index (χ4n) is 3.60. The molecule has 10 nitrogen and oxygen atoms in total. The van der Waals surface area contributed by atoms with Crippen LogP contribution in [0.1, 0.15) is 10.4 Å². The number of amides is 1. The average molecular weight is 429 g/mol. The summed E-state index contributed by atoms with van der Waals surface area (Å²) in [5.74, 6) is 0.764. The number of fused-ring (bicyclic) bond motifs is 1. The molecule has 1 aromatic carbocycles. The number of nitrogens with zero attached hydrogens (tertiary/aromatic N) is 8. The molecular formula is C22H23N9O. The van der Waals surface area contributed by atoms with Crippen LogP contribution in [-0.4, -0.2) is 74.0 Å². The van der Waals surface area contributed by atoms with Crippen LogP contribution in [0.5, 0.6) is 0 Å². The van der Waals surface area contributed by atoms with Gasteiger partial charge in [-0.2, -0.15) is 0 Å². The highest BCUT2D eigenvalue weighted by molar-refractivity contribution is 6.04. The van der Waals surface area contributed by atoms with Gasteiger partial charge >= 0.3 is 0 Å². The Hall–Kier alpha value is -3.92. The topological polar surface area (TPSA) is 105 Å². The van der Waals surface area contributed by atoms with Gasteiger partial charge in [0.1, 0.15) is 11.5 Å². The fourth-order valence-corrected chi connectivity index (χ4v) is 3.60. The maximum Gasteiger partial charge on any atom is 0.258 e. The molecule has 0 aliphatic carbocycles. The van der Waals surface area contributed by atoms with Crippen LogP contribution in [0.4, 0.5) is 11.8 Å². The summed E-state index contributed by atoms with van der Waals surface area (Å²) < 4.78 is 1.65. The number of aromatic nitrogens is 6. The molecule has 3 aromatic heterocycles. The van der Waals surface area contributed by atoms with Crippen molar-refractivity contribution >= 4 is 28.6 Å². The normalized spacial score (nSPS) is 14.1. The maximum absolute atomic E-state index is 12.8. The number of hydrogen-bond acceptors (Lipinski definition) is 8. The Morgan fingerprint density at radius 3 is 2.75 bits per heavy atom. The van der Waals surface area contributed by atoms with Crippen LogP contribution in [0.2, 0.25) is 0 Å². The van der Waals surface area contributed by atoms with Crippen LogP contribution in [-0.2, 0) is 7.05 Å². The van der Waals surface area contributed by atoms with Gasteiger partial charge in [0.2, 0.25) is 5.95 Å². The molecule has 162 valence electrons. The SMILES string of the molecule is CN(C)C1CN(c2cc(C(=O)Nc3ncc4ccc(-c5cn(C)nn5)cc4n3)ccn2)C1. The lowest BCUT2D eigenvalue weighted by atomic mass is 10.1. The summed E-state index contributed by atoms with van der Waals surface area (Å²) in [5, 5.41) is 11.8. The van der Waals surface area contributed by atoms with E-state index in [0.29, 0.717) is 17.1 Å². The number of nitrogens with one attached hydrogen (secondary N) is 1. The van der Waals surface area contributed by atoms with E-state index in [1.54, 1.807) is 29.2 Å². The number of hydrogen-bond donors (Lipinski definition) is 1. The zero-order valence-electron chi connectivity index (χ0n) is 18.1. The summed E-state index contributed by atoms with van der Waals surface area (Å²) in [6, 6.07) is 9.78. The van der Waals surface area contributed by atoms with Crippen molar-refractivity contribution < 1.29 is 4.79 Å². The van der Waals surface area contributed by atoms with E-state index < -0.39 is 0 Å². The largest absolute Gasteiger partial charge is 0.353 e. The zero-order chi connectivity index (χ0) is 22.2. The first-order chi connectivity index (χ1) is 15.5. The average Bonchev–Trinajstić information content (AvgIpc) is 3.18. The molecule has 0 saturated carbocycles. The van der Waals surface area contributed by atoms with Crippen LogP contribution in [0, 0.1) is 0 Å². The van der Waals surface area contributed by atoms with Crippen molar-refractivity contribution in [3.63, 3.8) is 0 Å². The minimum absolute atomic E-state index is 0.244. The second-order valence-corrected chi connectivity index (χ2v) is 8.12. The van der Waals surface area contributed by atoms with Crippen molar-refractivity contribution in [3.8, 4) is 11.3 Å². The quantitative estimate of drug-likeness (QED) is 0.512. The first-order valence-electron chi connectivity index (χ1n) is 10.3. The fraction of sp³-hybridized carbons (Fsp3) is 0.273. The molecule has 4 heterocycles. The number of benzene rings is 1. The van der Waals surface area contributed by atoms with E-state index in [4.69, 9.17) is 0 Å². The number of likely N-dealkylation sites (N-methyl/N-ethyl adjacent to an activating group) is 1. The van der Waals surface area contributed by atoms with E-state index in [-0.39, 0.29) is 11.9 Å². The highest BCUT2D eigenvalue weighted by Gasteiger charge is 2.29. The van der Waals surface area contributed by atoms with Crippen molar-refractivity contribution in [1.82, 2.24) is 34.8 Å². The molecule has 0 unspecified atom stereocenters. The molecule has 0 radical (unpaired) electrons. The van der Waals surface area contributed by atoms with Crippen LogP contribution in [0.25, 0.3) is 22.2 Å². The van der Waals surface area contributed by atoms with Gasteiger partial charge in [-0.15, -0.1) is 5.10 Å². The molecule has 1 fully saturated rings. The van der Waals surface area contributed by atoms with Gasteiger partial charge in [-0.05, 0) is 32.3 Å². The molecule has 0 spiro atoms. The molecule has 1 saturated heterocycles. The lowest BCUT2D eigenvalue weighted by molar-refractivity contribution is 0.102. The molecule has 1 amide bonds. The van der Waals surface area contributed by atoms with Crippen molar-refractivity contribution in [2.24, 2.45) is 7.05 Å². The Morgan fingerprint density at radius 1 is 1.16 bits per heavy atom. The summed E-state index contributed by atoms with van der Waals surface area (Å²) in [6.07, 6.45) is 5.18. The molecule has 1 N–H and O–H groups in total. The van der Waals surface area contributed by atoms with E-state index in [1.807, 2.05) is 31.4 Å². The summed E-state index contributed by atoms with van der Waals surface area (Å²) in [6.45, 7) is 1.79. The smallest absolute Gasteiger partial charge is 0.258 e. The molecule has 10 heteroatoms. The van der Waals surface area contributed by atoms with Gasteiger partial charge in [-0.25, -0.2) is 15.0 Å². The van der Waals surface area contributed by atoms with E-state index in [1.165, 1.54) is 0 Å². The molecular weight excluding hydrogens is 406 g/mol. The third-order valence-electron chi connectivity index (χ3n) is 5.63. The monoisotopic (exact) mass is 429 g/mol. The van der Waals surface area contributed by atoms with Crippen molar-refractivity contribution in [3.05, 3.63) is 54.5 Å². The Labute approximate surface area is 184 Å². The first-order valence-corrected chi connectivity index (χ1v) is 10.3. The predicted molar refractivity (Wildman–Crippen MR) is 121 cm³/mol. The Morgan fingerprint density at radius 2 is 2.00 bits per heavy atom. The van der Waals surface area contributed by atoms with Crippen molar-refractivity contribution in [1.29, 1.82) is 0 Å². The molecule has 0 atom stereocenters. The third-order valence-corrected chi connectivity index (χ3v) is 5.63. The lowest BCUT2D eigenvalue weighted by Gasteiger charge is -2.43. The second-order valence-electron chi connectivity index (χ2n) is 8.12. The molecule has 0 bridgehead atoms. The van der Waals surface area contributed by atoms with Gasteiger partial charge < -0.3 is 9.80 Å². The minimum atomic E-state index is -0.275. The number of carbonyl (C=O) groups is 1. The number of anilines is 2. The molecule has 32 heavy (non-hydrogen) atoms. The molecule has 4 aromatic rings. The van der Waals surface area contributed by atoms with Crippen LogP contribution >= 0.6 is 0 Å². The molecule has 1 aliphatic rings. The van der Waals surface area contributed by atoms with E-state index in [0.717, 1.165) is 35.6 Å². The summed E-state index contributed by atoms with van der Waals surface area (Å²) >= 11 is 0. The van der Waals surface area contributed by atoms with Crippen molar-refractivity contribution in [2.75, 3.05) is 37.4 Å². The van der Waals surface area contributed by atoms with Crippen molar-refractivity contribution in [2.45, 2.75) is 6.04 Å².